The molecule has 1 aliphatic carbocycles. The predicted octanol–water partition coefficient (Wildman–Crippen LogP) is 4.43. The van der Waals surface area contributed by atoms with Crippen LogP contribution in [0.2, 0.25) is 0 Å². The lowest BCUT2D eigenvalue weighted by molar-refractivity contribution is -0.0215. The molecule has 1 N–H and O–H groups in total. The second-order valence-corrected chi connectivity index (χ2v) is 5.93. The molecule has 0 saturated heterocycles. The van der Waals surface area contributed by atoms with Crippen LogP contribution in [0, 0.1) is 5.92 Å². The van der Waals surface area contributed by atoms with Crippen LogP contribution in [0.4, 0.5) is 0 Å². The van der Waals surface area contributed by atoms with Gasteiger partial charge in [0, 0.05) is 0 Å². The number of benzene rings is 1. The maximum absolute atomic E-state index is 10.9. The van der Waals surface area contributed by atoms with Crippen LogP contribution in [0.5, 0.6) is 0 Å². The predicted molar refractivity (Wildman–Crippen MR) is 76.6 cm³/mol. The van der Waals surface area contributed by atoms with E-state index < -0.39 is 5.60 Å². The third kappa shape index (κ3) is 2.95. The van der Waals surface area contributed by atoms with Crippen molar-refractivity contribution < 1.29 is 5.11 Å². The average Bonchev–Trinajstić information content (AvgIpc) is 2.40. The maximum atomic E-state index is 10.9. The number of hydrogen-bond donors (Lipinski definition) is 1. The van der Waals surface area contributed by atoms with Crippen LogP contribution in [0.25, 0.3) is 0 Å². The topological polar surface area (TPSA) is 20.2 Å². The highest BCUT2D eigenvalue weighted by atomic mass is 16.3. The lowest BCUT2D eigenvalue weighted by Gasteiger charge is -2.36. The molecule has 1 nitrogen and oxygen atoms in total. The van der Waals surface area contributed by atoms with Crippen molar-refractivity contribution in [2.45, 2.75) is 64.4 Å². The van der Waals surface area contributed by atoms with Gasteiger partial charge in [0.2, 0.25) is 0 Å². The molecule has 1 heteroatoms. The van der Waals surface area contributed by atoms with Crippen molar-refractivity contribution in [2.24, 2.45) is 5.92 Å². The molecule has 0 bridgehead atoms. The summed E-state index contributed by atoms with van der Waals surface area (Å²) in [6, 6.07) is 8.56. The normalized spacial score (nSPS) is 20.6. The molecule has 1 unspecified atom stereocenters. The number of aliphatic hydroxyl groups is 1. The molecule has 2 rings (SSSR count). The summed E-state index contributed by atoms with van der Waals surface area (Å²) in [5.74, 6) is 0.433. The van der Waals surface area contributed by atoms with Gasteiger partial charge in [-0.05, 0) is 43.2 Å². The third-order valence-corrected chi connectivity index (χ3v) is 4.45. The minimum atomic E-state index is -0.649. The van der Waals surface area contributed by atoms with Gasteiger partial charge in [-0.15, -0.1) is 0 Å². The van der Waals surface area contributed by atoms with E-state index in [-0.39, 0.29) is 0 Å². The van der Waals surface area contributed by atoms with Gasteiger partial charge in [-0.3, -0.25) is 0 Å². The van der Waals surface area contributed by atoms with Crippen LogP contribution in [-0.2, 0) is 12.0 Å². The van der Waals surface area contributed by atoms with Crippen LogP contribution in [0.3, 0.4) is 0 Å². The molecule has 1 saturated carbocycles. The summed E-state index contributed by atoms with van der Waals surface area (Å²) in [6.07, 6.45) is 8.49. The molecule has 0 spiro atoms. The number of aryl methyl sites for hydroxylation is 1. The molecule has 0 aromatic heterocycles. The van der Waals surface area contributed by atoms with Gasteiger partial charge in [-0.1, -0.05) is 56.9 Å². The Morgan fingerprint density at radius 2 is 1.94 bits per heavy atom. The Kier molecular flexibility index (Phi) is 4.45. The second-order valence-electron chi connectivity index (χ2n) is 5.93. The van der Waals surface area contributed by atoms with Crippen molar-refractivity contribution in [3.63, 3.8) is 0 Å². The molecule has 1 fully saturated rings. The van der Waals surface area contributed by atoms with Crippen molar-refractivity contribution in [1.82, 2.24) is 0 Å². The van der Waals surface area contributed by atoms with Crippen molar-refractivity contribution in [1.29, 1.82) is 0 Å². The molecule has 18 heavy (non-hydrogen) atoms. The molecule has 0 radical (unpaired) electrons. The first-order chi connectivity index (χ1) is 8.64. The largest absolute Gasteiger partial charge is 0.385 e. The van der Waals surface area contributed by atoms with E-state index in [4.69, 9.17) is 0 Å². The Labute approximate surface area is 111 Å². The first kappa shape index (κ1) is 13.6. The monoisotopic (exact) mass is 246 g/mol. The van der Waals surface area contributed by atoms with Gasteiger partial charge in [-0.25, -0.2) is 0 Å². The van der Waals surface area contributed by atoms with Crippen molar-refractivity contribution in [2.75, 3.05) is 0 Å². The van der Waals surface area contributed by atoms with Crippen LogP contribution in [0.1, 0.15) is 63.5 Å². The lowest BCUT2D eigenvalue weighted by atomic mass is 9.74. The van der Waals surface area contributed by atoms with Crippen molar-refractivity contribution >= 4 is 0 Å². The first-order valence-electron chi connectivity index (χ1n) is 7.46. The minimum Gasteiger partial charge on any atom is -0.385 e. The molecule has 1 aromatic rings. The highest BCUT2D eigenvalue weighted by Crippen LogP contribution is 2.39. The maximum Gasteiger partial charge on any atom is 0.0896 e. The molecule has 0 aliphatic heterocycles. The Balaban J connectivity index is 2.19. The summed E-state index contributed by atoms with van der Waals surface area (Å²) < 4.78 is 0. The van der Waals surface area contributed by atoms with Gasteiger partial charge in [0.1, 0.15) is 0 Å². The van der Waals surface area contributed by atoms with E-state index in [0.29, 0.717) is 5.92 Å². The molecule has 100 valence electrons. The highest BCUT2D eigenvalue weighted by Gasteiger charge is 2.34. The smallest absolute Gasteiger partial charge is 0.0896 e. The SMILES string of the molecule is CCCc1cccc(C(C)(O)C2CCCCC2)c1. The fourth-order valence-corrected chi connectivity index (χ4v) is 3.23. The molecular weight excluding hydrogens is 220 g/mol. The van der Waals surface area contributed by atoms with E-state index in [9.17, 15) is 5.11 Å². The lowest BCUT2D eigenvalue weighted by Crippen LogP contribution is -2.33. The van der Waals surface area contributed by atoms with Crippen LogP contribution in [0.15, 0.2) is 24.3 Å². The highest BCUT2D eigenvalue weighted by molar-refractivity contribution is 5.28. The van der Waals surface area contributed by atoms with E-state index >= 15 is 0 Å². The molecular formula is C17H26O. The summed E-state index contributed by atoms with van der Waals surface area (Å²) in [5, 5.41) is 10.9. The standard InChI is InChI=1S/C17H26O/c1-3-8-14-9-7-12-16(13-14)17(2,18)15-10-5-4-6-11-15/h7,9,12-13,15,18H,3-6,8,10-11H2,1-2H3. The van der Waals surface area contributed by atoms with E-state index in [1.165, 1.54) is 37.7 Å². The molecule has 1 aliphatic rings. The van der Waals surface area contributed by atoms with Crippen LogP contribution in [-0.4, -0.2) is 5.11 Å². The van der Waals surface area contributed by atoms with Gasteiger partial charge in [0.05, 0.1) is 5.60 Å². The van der Waals surface area contributed by atoms with E-state index in [1.807, 2.05) is 6.92 Å². The Hall–Kier alpha value is -0.820. The van der Waals surface area contributed by atoms with E-state index in [0.717, 1.165) is 18.4 Å². The summed E-state index contributed by atoms with van der Waals surface area (Å²) in [5.41, 5.74) is 1.82. The van der Waals surface area contributed by atoms with E-state index in [2.05, 4.69) is 31.2 Å². The Morgan fingerprint density at radius 1 is 1.22 bits per heavy atom. The first-order valence-corrected chi connectivity index (χ1v) is 7.46. The van der Waals surface area contributed by atoms with Gasteiger partial charge in [0.25, 0.3) is 0 Å². The zero-order valence-electron chi connectivity index (χ0n) is 11.8. The van der Waals surface area contributed by atoms with Crippen molar-refractivity contribution in [3.8, 4) is 0 Å². The van der Waals surface area contributed by atoms with Gasteiger partial charge >= 0.3 is 0 Å². The third-order valence-electron chi connectivity index (χ3n) is 4.45. The molecule has 1 aromatic carbocycles. The molecule has 0 amide bonds. The Morgan fingerprint density at radius 3 is 2.61 bits per heavy atom. The second kappa shape index (κ2) is 5.88. The minimum absolute atomic E-state index is 0.433. The Bertz CT molecular complexity index is 375. The zero-order valence-corrected chi connectivity index (χ0v) is 11.8. The average molecular weight is 246 g/mol. The zero-order chi connectivity index (χ0) is 13.0. The summed E-state index contributed by atoms with van der Waals surface area (Å²) in [4.78, 5) is 0. The summed E-state index contributed by atoms with van der Waals surface area (Å²) >= 11 is 0. The van der Waals surface area contributed by atoms with E-state index in [1.54, 1.807) is 0 Å². The fourth-order valence-electron chi connectivity index (χ4n) is 3.23. The molecule has 0 heterocycles. The molecule has 1 atom stereocenters. The summed E-state index contributed by atoms with van der Waals surface area (Å²) in [6.45, 7) is 4.21. The fraction of sp³-hybridized carbons (Fsp3) is 0.647. The van der Waals surface area contributed by atoms with Crippen LogP contribution >= 0.6 is 0 Å². The number of rotatable bonds is 4. The van der Waals surface area contributed by atoms with Crippen LogP contribution < -0.4 is 0 Å². The van der Waals surface area contributed by atoms with Gasteiger partial charge in [0.15, 0.2) is 0 Å². The van der Waals surface area contributed by atoms with Crippen molar-refractivity contribution in [3.05, 3.63) is 35.4 Å². The van der Waals surface area contributed by atoms with Gasteiger partial charge in [-0.2, -0.15) is 0 Å². The van der Waals surface area contributed by atoms with Gasteiger partial charge < -0.3 is 5.11 Å². The quantitative estimate of drug-likeness (QED) is 0.833. The number of hydrogen-bond acceptors (Lipinski definition) is 1. The summed E-state index contributed by atoms with van der Waals surface area (Å²) in [7, 11) is 0.